The third-order valence-corrected chi connectivity index (χ3v) is 4.56. The topological polar surface area (TPSA) is 60.8 Å². The number of alkyl halides is 3. The molecule has 0 heterocycles. The first-order chi connectivity index (χ1) is 12.2. The molecule has 7 heteroatoms. The van der Waals surface area contributed by atoms with Gasteiger partial charge in [-0.1, -0.05) is 18.2 Å². The van der Waals surface area contributed by atoms with Crippen LogP contribution in [0.4, 0.5) is 23.7 Å². The van der Waals surface area contributed by atoms with Gasteiger partial charge in [-0.3, -0.25) is 4.90 Å². The fraction of sp³-hybridized carbons (Fsp3) is 0.316. The summed E-state index contributed by atoms with van der Waals surface area (Å²) < 4.78 is 37.9. The molecule has 2 N–H and O–H groups in total. The summed E-state index contributed by atoms with van der Waals surface area (Å²) in [5, 5.41) is 19.3. The number of rotatable bonds is 3. The summed E-state index contributed by atoms with van der Waals surface area (Å²) in [5.41, 5.74) is 2.10. The van der Waals surface area contributed by atoms with Gasteiger partial charge in [0.1, 0.15) is 0 Å². The Hall–Kier alpha value is -2.54. The van der Waals surface area contributed by atoms with Gasteiger partial charge in [0.2, 0.25) is 0 Å². The number of nitrogens with zero attached hydrogens (tertiary/aromatic N) is 1. The van der Waals surface area contributed by atoms with Crippen LogP contribution in [0.25, 0.3) is 0 Å². The lowest BCUT2D eigenvalue weighted by molar-refractivity contribution is -0.137. The summed E-state index contributed by atoms with van der Waals surface area (Å²) in [5.74, 6) is 0. The SMILES string of the molecule is O=C(O)N(Cc1ccc(C(F)(F)F)cc1)c1ccc2c(c1)CC(O)CC2. The Kier molecular flexibility index (Phi) is 4.91. The highest BCUT2D eigenvalue weighted by Gasteiger charge is 2.30. The van der Waals surface area contributed by atoms with Crippen LogP contribution in [0.1, 0.15) is 28.7 Å². The van der Waals surface area contributed by atoms with Crippen LogP contribution < -0.4 is 4.90 Å². The number of anilines is 1. The zero-order valence-electron chi connectivity index (χ0n) is 13.8. The van der Waals surface area contributed by atoms with Gasteiger partial charge in [-0.25, -0.2) is 4.79 Å². The van der Waals surface area contributed by atoms with E-state index >= 15 is 0 Å². The minimum atomic E-state index is -4.43. The molecule has 138 valence electrons. The average molecular weight is 365 g/mol. The van der Waals surface area contributed by atoms with E-state index in [1.54, 1.807) is 12.1 Å². The molecule has 1 amide bonds. The number of hydrogen-bond donors (Lipinski definition) is 2. The third kappa shape index (κ3) is 3.99. The Bertz CT molecular complexity index is 803. The average Bonchev–Trinajstić information content (AvgIpc) is 2.58. The summed E-state index contributed by atoms with van der Waals surface area (Å²) in [6, 6.07) is 9.71. The molecule has 0 aliphatic heterocycles. The Morgan fingerprint density at radius 3 is 2.42 bits per heavy atom. The lowest BCUT2D eigenvalue weighted by atomic mass is 9.89. The van der Waals surface area contributed by atoms with Crippen LogP contribution in [-0.4, -0.2) is 22.4 Å². The first kappa shape index (κ1) is 18.3. The molecule has 0 saturated heterocycles. The molecule has 0 radical (unpaired) electrons. The molecule has 0 fully saturated rings. The molecule has 0 bridgehead atoms. The monoisotopic (exact) mass is 365 g/mol. The number of hydrogen-bond acceptors (Lipinski definition) is 2. The normalized spacial score (nSPS) is 16.8. The summed E-state index contributed by atoms with van der Waals surface area (Å²) in [4.78, 5) is 12.7. The standard InChI is InChI=1S/C19H18F3NO3/c20-19(21,22)15-5-1-12(2-6-15)11-23(18(25)26)16-7-3-13-4-8-17(24)10-14(13)9-16/h1-3,5-7,9,17,24H,4,8,10-11H2,(H,25,26). The molecule has 0 saturated carbocycles. The maximum atomic E-state index is 12.6. The lowest BCUT2D eigenvalue weighted by Crippen LogP contribution is -2.29. The predicted octanol–water partition coefficient (Wildman–Crippen LogP) is 4.24. The fourth-order valence-electron chi connectivity index (χ4n) is 3.14. The molecular formula is C19H18F3NO3. The Labute approximate surface area is 148 Å². The van der Waals surface area contributed by atoms with Crippen molar-refractivity contribution in [2.45, 2.75) is 38.1 Å². The van der Waals surface area contributed by atoms with E-state index in [1.165, 1.54) is 12.1 Å². The van der Waals surface area contributed by atoms with Crippen LogP contribution in [0, 0.1) is 0 Å². The van der Waals surface area contributed by atoms with Crippen molar-refractivity contribution in [1.29, 1.82) is 0 Å². The van der Waals surface area contributed by atoms with E-state index in [0.29, 0.717) is 24.1 Å². The molecule has 2 aromatic rings. The summed E-state index contributed by atoms with van der Waals surface area (Å²) in [6.07, 6.45) is -4.17. The van der Waals surface area contributed by atoms with Crippen LogP contribution in [0.2, 0.25) is 0 Å². The van der Waals surface area contributed by atoms with Gasteiger partial charge in [0.25, 0.3) is 0 Å². The van der Waals surface area contributed by atoms with Crippen molar-refractivity contribution in [2.75, 3.05) is 4.90 Å². The Morgan fingerprint density at radius 2 is 1.81 bits per heavy atom. The second-order valence-electron chi connectivity index (χ2n) is 6.41. The molecule has 0 aromatic heterocycles. The van der Waals surface area contributed by atoms with E-state index in [0.717, 1.165) is 34.6 Å². The van der Waals surface area contributed by atoms with E-state index in [1.807, 2.05) is 6.07 Å². The van der Waals surface area contributed by atoms with Crippen LogP contribution in [0.15, 0.2) is 42.5 Å². The maximum absolute atomic E-state index is 12.6. The number of carbonyl (C=O) groups is 1. The largest absolute Gasteiger partial charge is 0.465 e. The van der Waals surface area contributed by atoms with E-state index in [4.69, 9.17) is 0 Å². The van der Waals surface area contributed by atoms with Crippen molar-refractivity contribution in [2.24, 2.45) is 0 Å². The van der Waals surface area contributed by atoms with Crippen LogP contribution in [-0.2, 0) is 25.6 Å². The van der Waals surface area contributed by atoms with Crippen molar-refractivity contribution in [3.05, 3.63) is 64.7 Å². The van der Waals surface area contributed by atoms with Gasteiger partial charge >= 0.3 is 12.3 Å². The molecule has 2 aromatic carbocycles. The fourth-order valence-corrected chi connectivity index (χ4v) is 3.14. The predicted molar refractivity (Wildman–Crippen MR) is 90.1 cm³/mol. The lowest BCUT2D eigenvalue weighted by Gasteiger charge is -2.25. The van der Waals surface area contributed by atoms with E-state index in [9.17, 15) is 28.2 Å². The smallest absolute Gasteiger partial charge is 0.416 e. The van der Waals surface area contributed by atoms with Crippen molar-refractivity contribution >= 4 is 11.8 Å². The second kappa shape index (κ2) is 6.99. The molecule has 1 unspecified atom stereocenters. The minimum absolute atomic E-state index is 0.0607. The highest BCUT2D eigenvalue weighted by atomic mass is 19.4. The molecule has 3 rings (SSSR count). The number of amides is 1. The molecule has 4 nitrogen and oxygen atoms in total. The second-order valence-corrected chi connectivity index (χ2v) is 6.41. The zero-order valence-corrected chi connectivity index (χ0v) is 13.8. The molecule has 26 heavy (non-hydrogen) atoms. The number of benzene rings is 2. The van der Waals surface area contributed by atoms with Gasteiger partial charge in [-0.05, 0) is 60.2 Å². The van der Waals surface area contributed by atoms with Crippen molar-refractivity contribution < 1.29 is 28.2 Å². The van der Waals surface area contributed by atoms with Gasteiger partial charge < -0.3 is 10.2 Å². The quantitative estimate of drug-likeness (QED) is 0.855. The third-order valence-electron chi connectivity index (χ3n) is 4.56. The number of aliphatic hydroxyl groups excluding tert-OH is 1. The molecule has 1 aliphatic rings. The first-order valence-electron chi connectivity index (χ1n) is 8.20. The van der Waals surface area contributed by atoms with E-state index in [-0.39, 0.29) is 6.54 Å². The maximum Gasteiger partial charge on any atom is 0.416 e. The van der Waals surface area contributed by atoms with Crippen molar-refractivity contribution in [3.63, 3.8) is 0 Å². The number of aryl methyl sites for hydroxylation is 1. The number of fused-ring (bicyclic) bond motifs is 1. The number of carboxylic acid groups (broad SMARTS) is 1. The van der Waals surface area contributed by atoms with Gasteiger partial charge in [0.15, 0.2) is 0 Å². The Balaban J connectivity index is 1.84. The van der Waals surface area contributed by atoms with E-state index in [2.05, 4.69) is 0 Å². The first-order valence-corrected chi connectivity index (χ1v) is 8.20. The van der Waals surface area contributed by atoms with Gasteiger partial charge in [0, 0.05) is 5.69 Å². The highest BCUT2D eigenvalue weighted by molar-refractivity contribution is 5.86. The van der Waals surface area contributed by atoms with Crippen molar-refractivity contribution in [3.8, 4) is 0 Å². The zero-order chi connectivity index (χ0) is 18.9. The molecular weight excluding hydrogens is 347 g/mol. The van der Waals surface area contributed by atoms with Crippen LogP contribution in [0.5, 0.6) is 0 Å². The summed E-state index contributed by atoms with van der Waals surface area (Å²) >= 11 is 0. The van der Waals surface area contributed by atoms with E-state index < -0.39 is 23.9 Å². The number of halogens is 3. The summed E-state index contributed by atoms with van der Waals surface area (Å²) in [6.45, 7) is -0.0607. The van der Waals surface area contributed by atoms with Gasteiger partial charge in [-0.15, -0.1) is 0 Å². The van der Waals surface area contributed by atoms with Crippen LogP contribution >= 0.6 is 0 Å². The van der Waals surface area contributed by atoms with Gasteiger partial charge in [0.05, 0.1) is 18.2 Å². The highest BCUT2D eigenvalue weighted by Crippen LogP contribution is 2.30. The van der Waals surface area contributed by atoms with Crippen LogP contribution in [0.3, 0.4) is 0 Å². The molecule has 1 aliphatic carbocycles. The van der Waals surface area contributed by atoms with Crippen molar-refractivity contribution in [1.82, 2.24) is 0 Å². The minimum Gasteiger partial charge on any atom is -0.465 e. The summed E-state index contributed by atoms with van der Waals surface area (Å²) in [7, 11) is 0. The number of aliphatic hydroxyl groups is 1. The Morgan fingerprint density at radius 1 is 1.12 bits per heavy atom. The molecule has 0 spiro atoms. The van der Waals surface area contributed by atoms with Gasteiger partial charge in [-0.2, -0.15) is 13.2 Å². The molecule has 1 atom stereocenters.